The van der Waals surface area contributed by atoms with Crippen molar-refractivity contribution in [3.8, 4) is 0 Å². The standard InChI is InChI=1S/C15H10ClIN2O/c1-19-11-5-3-2-4-10(11)13(17)14(19)15(20)9-6-7-12(16)18-8-9/h2-8H,1H3. The maximum atomic E-state index is 12.7. The molecule has 0 unspecified atom stereocenters. The molecule has 0 aliphatic carbocycles. The summed E-state index contributed by atoms with van der Waals surface area (Å²) in [5.41, 5.74) is 2.26. The van der Waals surface area contributed by atoms with E-state index in [2.05, 4.69) is 27.6 Å². The predicted octanol–water partition coefficient (Wildman–Crippen LogP) is 4.06. The Hall–Kier alpha value is -1.40. The molecule has 2 heterocycles. The topological polar surface area (TPSA) is 34.9 Å². The Labute approximate surface area is 134 Å². The van der Waals surface area contributed by atoms with E-state index in [0.717, 1.165) is 14.5 Å². The van der Waals surface area contributed by atoms with Gasteiger partial charge in [-0.05, 0) is 40.8 Å². The zero-order valence-electron chi connectivity index (χ0n) is 10.6. The number of hydrogen-bond donors (Lipinski definition) is 0. The van der Waals surface area contributed by atoms with Gasteiger partial charge >= 0.3 is 0 Å². The van der Waals surface area contributed by atoms with Crippen LogP contribution < -0.4 is 0 Å². The predicted molar refractivity (Wildman–Crippen MR) is 88.3 cm³/mol. The van der Waals surface area contributed by atoms with Crippen LogP contribution in [-0.4, -0.2) is 15.3 Å². The van der Waals surface area contributed by atoms with Crippen LogP contribution in [0.5, 0.6) is 0 Å². The van der Waals surface area contributed by atoms with Crippen molar-refractivity contribution in [3.63, 3.8) is 0 Å². The van der Waals surface area contributed by atoms with Crippen LogP contribution in [0.1, 0.15) is 16.1 Å². The average Bonchev–Trinajstić information content (AvgIpc) is 2.72. The monoisotopic (exact) mass is 396 g/mol. The molecule has 0 fully saturated rings. The molecule has 0 saturated heterocycles. The van der Waals surface area contributed by atoms with Gasteiger partial charge in [0.15, 0.2) is 0 Å². The molecular weight excluding hydrogens is 387 g/mol. The van der Waals surface area contributed by atoms with E-state index in [-0.39, 0.29) is 5.78 Å². The van der Waals surface area contributed by atoms with E-state index in [1.807, 2.05) is 35.9 Å². The second-order valence-electron chi connectivity index (χ2n) is 4.44. The molecule has 0 bridgehead atoms. The second-order valence-corrected chi connectivity index (χ2v) is 5.90. The molecule has 0 aliphatic heterocycles. The van der Waals surface area contributed by atoms with Crippen molar-refractivity contribution in [1.82, 2.24) is 9.55 Å². The summed E-state index contributed by atoms with van der Waals surface area (Å²) >= 11 is 7.98. The van der Waals surface area contributed by atoms with Gasteiger partial charge in [0, 0.05) is 29.7 Å². The lowest BCUT2D eigenvalue weighted by Gasteiger charge is -2.04. The summed E-state index contributed by atoms with van der Waals surface area (Å²) < 4.78 is 2.88. The van der Waals surface area contributed by atoms with Gasteiger partial charge in [-0.2, -0.15) is 0 Å². The van der Waals surface area contributed by atoms with Crippen molar-refractivity contribution < 1.29 is 4.79 Å². The molecular formula is C15H10ClIN2O. The van der Waals surface area contributed by atoms with Gasteiger partial charge in [0.25, 0.3) is 0 Å². The third-order valence-electron chi connectivity index (χ3n) is 3.25. The highest BCUT2D eigenvalue weighted by Crippen LogP contribution is 2.28. The fourth-order valence-electron chi connectivity index (χ4n) is 2.25. The van der Waals surface area contributed by atoms with Crippen LogP contribution in [0.3, 0.4) is 0 Å². The summed E-state index contributed by atoms with van der Waals surface area (Å²) in [6, 6.07) is 11.3. The van der Waals surface area contributed by atoms with E-state index >= 15 is 0 Å². The molecule has 0 spiro atoms. The Morgan fingerprint density at radius 1 is 1.25 bits per heavy atom. The van der Waals surface area contributed by atoms with Gasteiger partial charge in [0.2, 0.25) is 5.78 Å². The lowest BCUT2D eigenvalue weighted by molar-refractivity contribution is 0.103. The molecule has 2 aromatic heterocycles. The number of aromatic nitrogens is 2. The Morgan fingerprint density at radius 3 is 2.65 bits per heavy atom. The lowest BCUT2D eigenvalue weighted by atomic mass is 10.1. The highest BCUT2D eigenvalue weighted by Gasteiger charge is 2.20. The van der Waals surface area contributed by atoms with Crippen molar-refractivity contribution in [2.24, 2.45) is 7.05 Å². The number of carbonyl (C=O) groups excluding carboxylic acids is 1. The molecule has 0 radical (unpaired) electrons. The van der Waals surface area contributed by atoms with Gasteiger partial charge in [0.05, 0.1) is 3.57 Å². The minimum absolute atomic E-state index is 0.0442. The first-order valence-electron chi connectivity index (χ1n) is 5.99. The Balaban J connectivity index is 2.19. The van der Waals surface area contributed by atoms with Crippen molar-refractivity contribution in [2.45, 2.75) is 0 Å². The van der Waals surface area contributed by atoms with Gasteiger partial charge in [-0.1, -0.05) is 29.8 Å². The fourth-order valence-corrected chi connectivity index (χ4v) is 3.42. The molecule has 100 valence electrons. The molecule has 0 saturated carbocycles. The summed E-state index contributed by atoms with van der Waals surface area (Å²) in [6.45, 7) is 0. The average molecular weight is 397 g/mol. The molecule has 1 aromatic carbocycles. The molecule has 0 atom stereocenters. The Bertz CT molecular complexity index is 770. The maximum Gasteiger partial charge on any atom is 0.212 e. The number of nitrogens with zero attached hydrogens (tertiary/aromatic N) is 2. The minimum atomic E-state index is -0.0442. The molecule has 20 heavy (non-hydrogen) atoms. The number of carbonyl (C=O) groups is 1. The third kappa shape index (κ3) is 2.13. The number of hydrogen-bond acceptors (Lipinski definition) is 2. The number of para-hydroxylation sites is 1. The Kier molecular flexibility index (Phi) is 3.52. The maximum absolute atomic E-state index is 12.7. The normalized spacial score (nSPS) is 10.9. The molecule has 3 rings (SSSR count). The van der Waals surface area contributed by atoms with Crippen LogP contribution in [0.2, 0.25) is 5.15 Å². The molecule has 3 nitrogen and oxygen atoms in total. The zero-order chi connectivity index (χ0) is 14.3. The van der Waals surface area contributed by atoms with Crippen molar-refractivity contribution in [2.75, 3.05) is 0 Å². The van der Waals surface area contributed by atoms with E-state index in [9.17, 15) is 4.79 Å². The van der Waals surface area contributed by atoms with E-state index in [4.69, 9.17) is 11.6 Å². The number of benzene rings is 1. The number of pyridine rings is 1. The van der Waals surface area contributed by atoms with Crippen molar-refractivity contribution >= 4 is 50.9 Å². The minimum Gasteiger partial charge on any atom is -0.340 e. The highest BCUT2D eigenvalue weighted by molar-refractivity contribution is 14.1. The number of rotatable bonds is 2. The highest BCUT2D eigenvalue weighted by atomic mass is 127. The van der Waals surface area contributed by atoms with Crippen LogP contribution in [0.25, 0.3) is 10.9 Å². The Morgan fingerprint density at radius 2 is 2.00 bits per heavy atom. The first-order valence-corrected chi connectivity index (χ1v) is 7.44. The van der Waals surface area contributed by atoms with Gasteiger partial charge in [-0.3, -0.25) is 4.79 Å². The van der Waals surface area contributed by atoms with Crippen molar-refractivity contribution in [1.29, 1.82) is 0 Å². The van der Waals surface area contributed by atoms with Gasteiger partial charge in [-0.15, -0.1) is 0 Å². The van der Waals surface area contributed by atoms with E-state index in [1.54, 1.807) is 12.1 Å². The van der Waals surface area contributed by atoms with Crippen LogP contribution in [0.4, 0.5) is 0 Å². The van der Waals surface area contributed by atoms with Crippen LogP contribution in [-0.2, 0) is 7.05 Å². The number of aryl methyl sites for hydroxylation is 1. The van der Waals surface area contributed by atoms with Crippen molar-refractivity contribution in [3.05, 3.63) is 62.6 Å². The lowest BCUT2D eigenvalue weighted by Crippen LogP contribution is -2.09. The molecule has 0 aliphatic rings. The summed E-state index contributed by atoms with van der Waals surface area (Å²) in [4.78, 5) is 16.6. The van der Waals surface area contributed by atoms with Gasteiger partial charge in [-0.25, -0.2) is 4.98 Å². The quantitative estimate of drug-likeness (QED) is 0.372. The smallest absolute Gasteiger partial charge is 0.212 e. The molecule has 0 amide bonds. The number of ketones is 1. The zero-order valence-corrected chi connectivity index (χ0v) is 13.5. The summed E-state index contributed by atoms with van der Waals surface area (Å²) in [6.07, 6.45) is 1.51. The van der Waals surface area contributed by atoms with E-state index in [0.29, 0.717) is 16.4 Å². The SMILES string of the molecule is Cn1c(C(=O)c2ccc(Cl)nc2)c(I)c2ccccc21. The van der Waals surface area contributed by atoms with Crippen LogP contribution >= 0.6 is 34.2 Å². The molecule has 0 N–H and O–H groups in total. The summed E-state index contributed by atoms with van der Waals surface area (Å²) in [5.74, 6) is -0.0442. The van der Waals surface area contributed by atoms with E-state index in [1.165, 1.54) is 6.20 Å². The van der Waals surface area contributed by atoms with Gasteiger partial charge < -0.3 is 4.57 Å². The number of fused-ring (bicyclic) bond motifs is 1. The van der Waals surface area contributed by atoms with Crippen LogP contribution in [0.15, 0.2) is 42.6 Å². The summed E-state index contributed by atoms with van der Waals surface area (Å²) in [5, 5.41) is 1.47. The molecule has 3 aromatic rings. The first-order chi connectivity index (χ1) is 9.59. The van der Waals surface area contributed by atoms with Crippen LogP contribution in [0, 0.1) is 3.57 Å². The largest absolute Gasteiger partial charge is 0.340 e. The van der Waals surface area contributed by atoms with E-state index < -0.39 is 0 Å². The van der Waals surface area contributed by atoms with Gasteiger partial charge in [0.1, 0.15) is 10.8 Å². The fraction of sp³-hybridized carbons (Fsp3) is 0.0667. The second kappa shape index (κ2) is 5.18. The summed E-state index contributed by atoms with van der Waals surface area (Å²) in [7, 11) is 1.90. The first kappa shape index (κ1) is 13.6. The number of halogens is 2. The third-order valence-corrected chi connectivity index (χ3v) is 4.57. The molecule has 5 heteroatoms.